The lowest BCUT2D eigenvalue weighted by Crippen LogP contribution is -2.06. The van der Waals surface area contributed by atoms with Crippen LogP contribution in [-0.2, 0) is 9.09 Å². The lowest BCUT2D eigenvalue weighted by atomic mass is 10.2. The van der Waals surface area contributed by atoms with Crippen LogP contribution in [0.4, 0.5) is 0 Å². The van der Waals surface area contributed by atoms with Gasteiger partial charge in [-0.15, -0.1) is 4.52 Å². The average molecular weight is 276 g/mol. The molecule has 2 nitrogen and oxygen atoms in total. The van der Waals surface area contributed by atoms with Crippen molar-refractivity contribution in [3.63, 3.8) is 0 Å². The molecular weight excluding hydrogens is 263 g/mol. The molecule has 0 aliphatic rings. The first kappa shape index (κ1) is 11.8. The molecule has 0 N–H and O–H groups in total. The highest BCUT2D eigenvalue weighted by atomic mass is 79.9. The zero-order chi connectivity index (χ0) is 10.6. The van der Waals surface area contributed by atoms with Crippen molar-refractivity contribution in [3.8, 4) is 0 Å². The van der Waals surface area contributed by atoms with Crippen molar-refractivity contribution in [1.82, 2.24) is 0 Å². The summed E-state index contributed by atoms with van der Waals surface area (Å²) in [6, 6.07) is 7.62. The van der Waals surface area contributed by atoms with Gasteiger partial charge in [-0.1, -0.05) is 34.1 Å². The van der Waals surface area contributed by atoms with Crippen molar-refractivity contribution in [2.24, 2.45) is 0 Å². The second kappa shape index (κ2) is 5.59. The molecule has 0 amide bonds. The largest absolute Gasteiger partial charge is 0.549 e. The third-order valence-corrected chi connectivity index (χ3v) is 3.59. The Balaban J connectivity index is 3.00. The van der Waals surface area contributed by atoms with E-state index in [4.69, 9.17) is 4.52 Å². The summed E-state index contributed by atoms with van der Waals surface area (Å²) in [7, 11) is -1.71. The molecular formula is C10H13BrO2P+. The van der Waals surface area contributed by atoms with Gasteiger partial charge >= 0.3 is 8.03 Å². The van der Waals surface area contributed by atoms with Crippen molar-refractivity contribution in [1.29, 1.82) is 0 Å². The summed E-state index contributed by atoms with van der Waals surface area (Å²) in [6.45, 7) is 4.32. The van der Waals surface area contributed by atoms with Gasteiger partial charge < -0.3 is 0 Å². The zero-order valence-electron chi connectivity index (χ0n) is 8.24. The van der Waals surface area contributed by atoms with E-state index >= 15 is 0 Å². The van der Waals surface area contributed by atoms with Gasteiger partial charge in [0, 0.05) is 10.4 Å². The van der Waals surface area contributed by atoms with Crippen LogP contribution in [0.3, 0.4) is 0 Å². The smallest absolute Gasteiger partial charge is 0.142 e. The molecule has 2 unspecified atom stereocenters. The quantitative estimate of drug-likeness (QED) is 0.621. The number of hydrogen-bond acceptors (Lipinski definition) is 2. The second-order valence-electron chi connectivity index (χ2n) is 2.85. The molecule has 0 spiro atoms. The Morgan fingerprint density at radius 3 is 2.71 bits per heavy atom. The summed E-state index contributed by atoms with van der Waals surface area (Å²) in [6.07, 6.45) is 0. The van der Waals surface area contributed by atoms with E-state index in [1.54, 1.807) is 0 Å². The molecule has 76 valence electrons. The van der Waals surface area contributed by atoms with Crippen molar-refractivity contribution in [2.45, 2.75) is 18.7 Å². The normalized spacial score (nSPS) is 13.8. The topological polar surface area (TPSA) is 26.3 Å². The van der Waals surface area contributed by atoms with Crippen molar-refractivity contribution in [3.05, 3.63) is 29.8 Å². The Morgan fingerprint density at radius 1 is 1.50 bits per heavy atom. The molecule has 0 aliphatic carbocycles. The van der Waals surface area contributed by atoms with Gasteiger partial charge in [-0.3, -0.25) is 0 Å². The lowest BCUT2D eigenvalue weighted by molar-refractivity contribution is 0.357. The van der Waals surface area contributed by atoms with Crippen molar-refractivity contribution >= 4 is 29.3 Å². The molecule has 0 aliphatic heterocycles. The van der Waals surface area contributed by atoms with Crippen LogP contribution in [0.2, 0.25) is 0 Å². The highest BCUT2D eigenvalue weighted by Gasteiger charge is 2.26. The number of halogens is 1. The van der Waals surface area contributed by atoms with Gasteiger partial charge in [0.15, 0.2) is 0 Å². The fourth-order valence-corrected chi connectivity index (χ4v) is 2.81. The minimum absolute atomic E-state index is 0.193. The van der Waals surface area contributed by atoms with E-state index in [0.717, 1.165) is 10.9 Å². The van der Waals surface area contributed by atoms with Crippen LogP contribution in [0.25, 0.3) is 0 Å². The van der Waals surface area contributed by atoms with Gasteiger partial charge in [0.2, 0.25) is 5.30 Å². The molecule has 4 heteroatoms. The van der Waals surface area contributed by atoms with Crippen LogP contribution in [-0.4, -0.2) is 6.61 Å². The van der Waals surface area contributed by atoms with Crippen LogP contribution in [0.5, 0.6) is 0 Å². The van der Waals surface area contributed by atoms with E-state index in [1.807, 2.05) is 38.1 Å². The number of hydrogen-bond donors (Lipinski definition) is 0. The molecule has 0 aromatic heterocycles. The molecule has 14 heavy (non-hydrogen) atoms. The molecule has 0 saturated heterocycles. The fourth-order valence-electron chi connectivity index (χ4n) is 1.18. The van der Waals surface area contributed by atoms with E-state index < -0.39 is 8.03 Å². The SMILES string of the molecule is CCO[P+](=O)c1ccccc1C(C)Br. The molecule has 0 radical (unpaired) electrons. The van der Waals surface area contributed by atoms with E-state index in [2.05, 4.69) is 15.9 Å². The Bertz CT molecular complexity index is 326. The molecule has 1 rings (SSSR count). The molecule has 1 aromatic carbocycles. The maximum Gasteiger partial charge on any atom is 0.549 e. The third-order valence-electron chi connectivity index (χ3n) is 1.81. The molecule has 0 fully saturated rings. The number of rotatable bonds is 4. The first-order valence-corrected chi connectivity index (χ1v) is 6.59. The Morgan fingerprint density at radius 2 is 2.14 bits per heavy atom. The highest BCUT2D eigenvalue weighted by molar-refractivity contribution is 9.09. The van der Waals surface area contributed by atoms with E-state index in [9.17, 15) is 4.57 Å². The summed E-state index contributed by atoms with van der Waals surface area (Å²) in [5, 5.41) is 0.786. The minimum atomic E-state index is -1.71. The monoisotopic (exact) mass is 275 g/mol. The first-order chi connectivity index (χ1) is 6.66. The van der Waals surface area contributed by atoms with Gasteiger partial charge in [-0.25, -0.2) is 0 Å². The summed E-state index contributed by atoms with van der Waals surface area (Å²) >= 11 is 3.47. The van der Waals surface area contributed by atoms with Gasteiger partial charge in [0.05, 0.1) is 0 Å². The van der Waals surface area contributed by atoms with E-state index in [0.29, 0.717) is 6.61 Å². The third kappa shape index (κ3) is 2.88. The summed E-state index contributed by atoms with van der Waals surface area (Å²) in [5.41, 5.74) is 1.03. The Hall–Kier alpha value is -0.240. The highest BCUT2D eigenvalue weighted by Crippen LogP contribution is 2.29. The van der Waals surface area contributed by atoms with Gasteiger partial charge in [0.1, 0.15) is 6.61 Å². The predicted octanol–water partition coefficient (Wildman–Crippen LogP) is 3.55. The molecule has 0 heterocycles. The standard InChI is InChI=1S/C10H13BrO2P/c1-3-13-14(12)10-7-5-4-6-9(10)8(2)11/h4-8H,3H2,1-2H3/q+1. The van der Waals surface area contributed by atoms with Crippen LogP contribution in [0.1, 0.15) is 24.2 Å². The Labute approximate surface area is 93.7 Å². The average Bonchev–Trinajstić information content (AvgIpc) is 2.18. The molecule has 1 aromatic rings. The van der Waals surface area contributed by atoms with E-state index in [-0.39, 0.29) is 4.83 Å². The predicted molar refractivity (Wildman–Crippen MR) is 62.7 cm³/mol. The van der Waals surface area contributed by atoms with Crippen LogP contribution >= 0.6 is 24.0 Å². The maximum absolute atomic E-state index is 11.7. The molecule has 0 saturated carbocycles. The minimum Gasteiger partial charge on any atom is -0.142 e. The summed E-state index contributed by atoms with van der Waals surface area (Å²) in [5.74, 6) is 0. The molecule has 2 atom stereocenters. The van der Waals surface area contributed by atoms with Crippen LogP contribution in [0, 0.1) is 0 Å². The van der Waals surface area contributed by atoms with Gasteiger partial charge in [-0.05, 0) is 24.5 Å². The number of alkyl halides is 1. The van der Waals surface area contributed by atoms with Crippen molar-refractivity contribution < 1.29 is 9.09 Å². The van der Waals surface area contributed by atoms with Crippen LogP contribution in [0.15, 0.2) is 24.3 Å². The second-order valence-corrected chi connectivity index (χ2v) is 5.48. The first-order valence-electron chi connectivity index (χ1n) is 4.50. The zero-order valence-corrected chi connectivity index (χ0v) is 10.7. The Kier molecular flexibility index (Phi) is 4.73. The van der Waals surface area contributed by atoms with Crippen LogP contribution < -0.4 is 5.30 Å². The fraction of sp³-hybridized carbons (Fsp3) is 0.400. The summed E-state index contributed by atoms with van der Waals surface area (Å²) in [4.78, 5) is 0.193. The van der Waals surface area contributed by atoms with Crippen molar-refractivity contribution in [2.75, 3.05) is 6.61 Å². The summed E-state index contributed by atoms with van der Waals surface area (Å²) < 4.78 is 16.8. The lowest BCUT2D eigenvalue weighted by Gasteiger charge is -2.02. The van der Waals surface area contributed by atoms with E-state index in [1.165, 1.54) is 0 Å². The molecule has 0 bridgehead atoms. The number of benzene rings is 1. The van der Waals surface area contributed by atoms with Gasteiger partial charge in [-0.2, -0.15) is 0 Å². The maximum atomic E-state index is 11.7. The van der Waals surface area contributed by atoms with Gasteiger partial charge in [0.25, 0.3) is 0 Å².